The van der Waals surface area contributed by atoms with E-state index in [1.54, 1.807) is 26.3 Å². The lowest BCUT2D eigenvalue weighted by Crippen LogP contribution is -2.47. The van der Waals surface area contributed by atoms with Crippen molar-refractivity contribution in [2.75, 3.05) is 32.6 Å². The van der Waals surface area contributed by atoms with Crippen LogP contribution in [0.25, 0.3) is 0 Å². The van der Waals surface area contributed by atoms with Crippen molar-refractivity contribution in [2.45, 2.75) is 38.8 Å². The monoisotopic (exact) mass is 415 g/mol. The number of rotatable bonds is 8. The van der Waals surface area contributed by atoms with Crippen LogP contribution in [-0.4, -0.2) is 44.1 Å². The number of nitrogens with one attached hydrogen (secondary N) is 2. The number of fused-ring (bicyclic) bond motifs is 1. The standard InChI is InChI=1S/C23H30ClN3O2/c1-4-5-10-27-15-17-9-7-6-8-16(17)11-18(27)14-26-23(28)19-12-20(24)21(25-2)13-22(19)29-3/h6-9,12-13,18,25H,4-5,10-11,14-15H2,1-3H3,(H,26,28)/t18-/m0/s1. The van der Waals surface area contributed by atoms with Gasteiger partial charge in [-0.2, -0.15) is 0 Å². The highest BCUT2D eigenvalue weighted by Crippen LogP contribution is 2.31. The van der Waals surface area contributed by atoms with Crippen LogP contribution in [0, 0.1) is 0 Å². The molecule has 1 amide bonds. The Morgan fingerprint density at radius 1 is 1.28 bits per heavy atom. The zero-order valence-corrected chi connectivity index (χ0v) is 18.2. The van der Waals surface area contributed by atoms with Gasteiger partial charge in [-0.3, -0.25) is 9.69 Å². The maximum atomic E-state index is 12.9. The third-order valence-electron chi connectivity index (χ3n) is 5.56. The van der Waals surface area contributed by atoms with Crippen LogP contribution in [0.4, 0.5) is 5.69 Å². The van der Waals surface area contributed by atoms with Gasteiger partial charge in [-0.05, 0) is 36.6 Å². The molecule has 0 fully saturated rings. The molecule has 3 rings (SSSR count). The van der Waals surface area contributed by atoms with Crippen molar-refractivity contribution in [1.29, 1.82) is 0 Å². The first-order chi connectivity index (χ1) is 14.1. The molecule has 1 atom stereocenters. The van der Waals surface area contributed by atoms with Crippen LogP contribution in [0.5, 0.6) is 5.75 Å². The first kappa shape index (κ1) is 21.5. The van der Waals surface area contributed by atoms with E-state index in [9.17, 15) is 4.79 Å². The van der Waals surface area contributed by atoms with Crippen LogP contribution >= 0.6 is 11.6 Å². The van der Waals surface area contributed by atoms with Gasteiger partial charge in [0.15, 0.2) is 0 Å². The highest BCUT2D eigenvalue weighted by Gasteiger charge is 2.26. The molecule has 1 aliphatic rings. The molecule has 2 N–H and O–H groups in total. The highest BCUT2D eigenvalue weighted by molar-refractivity contribution is 6.33. The molecule has 0 aromatic heterocycles. The Bertz CT molecular complexity index is 856. The molecule has 29 heavy (non-hydrogen) atoms. The number of hydrogen-bond donors (Lipinski definition) is 2. The second-order valence-electron chi connectivity index (χ2n) is 7.44. The Morgan fingerprint density at radius 2 is 2.03 bits per heavy atom. The number of ether oxygens (including phenoxy) is 1. The molecule has 0 bridgehead atoms. The number of anilines is 1. The van der Waals surface area contributed by atoms with E-state index < -0.39 is 0 Å². The van der Waals surface area contributed by atoms with E-state index >= 15 is 0 Å². The summed E-state index contributed by atoms with van der Waals surface area (Å²) in [5, 5.41) is 6.60. The average Bonchev–Trinajstić information content (AvgIpc) is 2.75. The number of carbonyl (C=O) groups is 1. The Balaban J connectivity index is 1.73. The summed E-state index contributed by atoms with van der Waals surface area (Å²) in [6.45, 7) is 4.77. The number of nitrogens with zero attached hydrogens (tertiary/aromatic N) is 1. The van der Waals surface area contributed by atoms with E-state index in [2.05, 4.69) is 46.7 Å². The summed E-state index contributed by atoms with van der Waals surface area (Å²) < 4.78 is 5.41. The van der Waals surface area contributed by atoms with Gasteiger partial charge in [-0.15, -0.1) is 0 Å². The fourth-order valence-electron chi connectivity index (χ4n) is 3.86. The van der Waals surface area contributed by atoms with Gasteiger partial charge < -0.3 is 15.4 Å². The normalized spacial score (nSPS) is 16.2. The molecule has 2 aromatic rings. The van der Waals surface area contributed by atoms with Crippen LogP contribution < -0.4 is 15.4 Å². The van der Waals surface area contributed by atoms with E-state index in [1.165, 1.54) is 11.1 Å². The van der Waals surface area contributed by atoms with Gasteiger partial charge in [-0.25, -0.2) is 0 Å². The van der Waals surface area contributed by atoms with E-state index in [0.29, 0.717) is 22.9 Å². The lowest BCUT2D eigenvalue weighted by atomic mass is 9.93. The summed E-state index contributed by atoms with van der Waals surface area (Å²) in [5.41, 5.74) is 3.95. The maximum Gasteiger partial charge on any atom is 0.255 e. The van der Waals surface area contributed by atoms with Crippen molar-refractivity contribution in [3.8, 4) is 5.75 Å². The third kappa shape index (κ3) is 5.03. The maximum absolute atomic E-state index is 12.9. The number of hydrogen-bond acceptors (Lipinski definition) is 4. The van der Waals surface area contributed by atoms with Crippen molar-refractivity contribution in [3.63, 3.8) is 0 Å². The summed E-state index contributed by atoms with van der Waals surface area (Å²) >= 11 is 6.28. The average molecular weight is 416 g/mol. The number of benzene rings is 2. The van der Waals surface area contributed by atoms with Crippen LogP contribution in [-0.2, 0) is 13.0 Å². The fraction of sp³-hybridized carbons (Fsp3) is 0.435. The molecule has 156 valence electrons. The minimum atomic E-state index is -0.166. The molecule has 0 saturated heterocycles. The summed E-state index contributed by atoms with van der Waals surface area (Å²) in [7, 11) is 3.34. The Kier molecular flexibility index (Phi) is 7.40. The molecular formula is C23H30ClN3O2. The van der Waals surface area contributed by atoms with Gasteiger partial charge in [0, 0.05) is 32.2 Å². The zero-order valence-electron chi connectivity index (χ0n) is 17.4. The Morgan fingerprint density at radius 3 is 2.72 bits per heavy atom. The molecule has 6 heteroatoms. The van der Waals surface area contributed by atoms with Crippen molar-refractivity contribution in [3.05, 3.63) is 58.1 Å². The number of methoxy groups -OCH3 is 1. The van der Waals surface area contributed by atoms with E-state index in [-0.39, 0.29) is 11.9 Å². The van der Waals surface area contributed by atoms with Crippen molar-refractivity contribution < 1.29 is 9.53 Å². The van der Waals surface area contributed by atoms with Crippen molar-refractivity contribution in [1.82, 2.24) is 10.2 Å². The second kappa shape index (κ2) is 9.99. The van der Waals surface area contributed by atoms with Crippen LogP contribution in [0.2, 0.25) is 5.02 Å². The lowest BCUT2D eigenvalue weighted by molar-refractivity contribution is 0.0921. The van der Waals surface area contributed by atoms with Gasteiger partial charge in [-0.1, -0.05) is 49.2 Å². The predicted molar refractivity (Wildman–Crippen MR) is 119 cm³/mol. The lowest BCUT2D eigenvalue weighted by Gasteiger charge is -2.37. The van der Waals surface area contributed by atoms with Gasteiger partial charge in [0.05, 0.1) is 23.4 Å². The molecule has 5 nitrogen and oxygen atoms in total. The summed E-state index contributed by atoms with van der Waals surface area (Å²) in [6.07, 6.45) is 3.25. The molecule has 1 heterocycles. The smallest absolute Gasteiger partial charge is 0.255 e. The Hall–Kier alpha value is -2.24. The quantitative estimate of drug-likeness (QED) is 0.673. The number of carbonyl (C=O) groups excluding carboxylic acids is 1. The van der Waals surface area contributed by atoms with Crippen molar-refractivity contribution in [2.24, 2.45) is 0 Å². The summed E-state index contributed by atoms with van der Waals surface area (Å²) in [4.78, 5) is 15.4. The molecule has 1 aliphatic heterocycles. The molecule has 0 unspecified atom stereocenters. The summed E-state index contributed by atoms with van der Waals surface area (Å²) in [6, 6.07) is 12.3. The number of halogens is 1. The third-order valence-corrected chi connectivity index (χ3v) is 5.88. The van der Waals surface area contributed by atoms with Crippen LogP contribution in [0.3, 0.4) is 0 Å². The van der Waals surface area contributed by atoms with E-state index in [0.717, 1.165) is 38.0 Å². The van der Waals surface area contributed by atoms with Gasteiger partial charge in [0.2, 0.25) is 0 Å². The molecule has 0 aliphatic carbocycles. The van der Waals surface area contributed by atoms with E-state index in [1.807, 2.05) is 0 Å². The molecule has 2 aromatic carbocycles. The van der Waals surface area contributed by atoms with E-state index in [4.69, 9.17) is 16.3 Å². The van der Waals surface area contributed by atoms with Crippen molar-refractivity contribution >= 4 is 23.2 Å². The number of amides is 1. The minimum absolute atomic E-state index is 0.166. The molecule has 0 saturated carbocycles. The molecular weight excluding hydrogens is 386 g/mol. The highest BCUT2D eigenvalue weighted by atomic mass is 35.5. The van der Waals surface area contributed by atoms with Gasteiger partial charge in [0.25, 0.3) is 5.91 Å². The van der Waals surface area contributed by atoms with Gasteiger partial charge in [0.1, 0.15) is 5.75 Å². The Labute approximate surface area is 178 Å². The minimum Gasteiger partial charge on any atom is -0.496 e. The predicted octanol–water partition coefficient (Wildman–Crippen LogP) is 4.35. The first-order valence-corrected chi connectivity index (χ1v) is 10.6. The molecule has 0 radical (unpaired) electrons. The van der Waals surface area contributed by atoms with Gasteiger partial charge >= 0.3 is 0 Å². The topological polar surface area (TPSA) is 53.6 Å². The van der Waals surface area contributed by atoms with Crippen LogP contribution in [0.1, 0.15) is 41.3 Å². The second-order valence-corrected chi connectivity index (χ2v) is 7.85. The largest absolute Gasteiger partial charge is 0.496 e. The summed E-state index contributed by atoms with van der Waals surface area (Å²) in [5.74, 6) is 0.341. The van der Waals surface area contributed by atoms with Crippen LogP contribution in [0.15, 0.2) is 36.4 Å². The molecule has 0 spiro atoms. The zero-order chi connectivity index (χ0) is 20.8. The SMILES string of the molecule is CCCCN1Cc2ccccc2C[C@H]1CNC(=O)c1cc(Cl)c(NC)cc1OC. The first-order valence-electron chi connectivity index (χ1n) is 10.2. The fourth-order valence-corrected chi connectivity index (χ4v) is 4.12. The number of unbranched alkanes of at least 4 members (excludes halogenated alkanes) is 1.